The summed E-state index contributed by atoms with van der Waals surface area (Å²) in [5, 5.41) is 6.74. The molecule has 0 saturated heterocycles. The van der Waals surface area contributed by atoms with E-state index in [0.29, 0.717) is 28.7 Å². The summed E-state index contributed by atoms with van der Waals surface area (Å²) >= 11 is 6.06. The number of carbonyl (C=O) groups excluding carboxylic acids is 1. The molecule has 1 aliphatic rings. The number of rotatable bonds is 5. The first-order chi connectivity index (χ1) is 13.6. The van der Waals surface area contributed by atoms with Gasteiger partial charge in [-0.2, -0.15) is 0 Å². The van der Waals surface area contributed by atoms with Gasteiger partial charge in [0.15, 0.2) is 11.5 Å². The molecule has 0 fully saturated rings. The molecule has 28 heavy (non-hydrogen) atoms. The predicted octanol–water partition coefficient (Wildman–Crippen LogP) is 4.45. The smallest absolute Gasteiger partial charge is 0.251 e. The molecule has 0 radical (unpaired) electrons. The summed E-state index contributed by atoms with van der Waals surface area (Å²) in [5.41, 5.74) is 3.32. The fraction of sp³-hybridized carbons (Fsp3) is 0.143. The Kier molecular flexibility index (Phi) is 5.04. The Balaban J connectivity index is 1.43. The lowest BCUT2D eigenvalue weighted by Crippen LogP contribution is -2.22. The molecule has 6 nitrogen and oxygen atoms in total. The van der Waals surface area contributed by atoms with Crippen molar-refractivity contribution in [2.75, 3.05) is 12.1 Å². The highest BCUT2D eigenvalue weighted by atomic mass is 35.5. The van der Waals surface area contributed by atoms with Crippen molar-refractivity contribution in [3.05, 3.63) is 76.4 Å². The molecule has 0 saturated carbocycles. The zero-order valence-corrected chi connectivity index (χ0v) is 15.9. The first-order valence-electron chi connectivity index (χ1n) is 8.74. The second kappa shape index (κ2) is 7.78. The van der Waals surface area contributed by atoms with Crippen LogP contribution in [0.3, 0.4) is 0 Å². The Hall–Kier alpha value is -3.25. The summed E-state index contributed by atoms with van der Waals surface area (Å²) in [7, 11) is 0. The van der Waals surface area contributed by atoms with Gasteiger partial charge in [0.1, 0.15) is 5.82 Å². The third-order valence-corrected chi connectivity index (χ3v) is 4.61. The monoisotopic (exact) mass is 395 g/mol. The van der Waals surface area contributed by atoms with Crippen molar-refractivity contribution in [1.29, 1.82) is 0 Å². The number of fused-ring (bicyclic) bond motifs is 1. The number of ether oxygens (including phenoxy) is 2. The molecule has 1 amide bonds. The summed E-state index contributed by atoms with van der Waals surface area (Å²) in [6.07, 6.45) is 1.59. The molecule has 7 heteroatoms. The van der Waals surface area contributed by atoms with Gasteiger partial charge < -0.3 is 20.1 Å². The molecule has 0 atom stereocenters. The van der Waals surface area contributed by atoms with E-state index >= 15 is 0 Å². The molecule has 0 unspecified atom stereocenters. The van der Waals surface area contributed by atoms with E-state index in [1.54, 1.807) is 18.3 Å². The number of aryl methyl sites for hydroxylation is 1. The Morgan fingerprint density at radius 3 is 2.86 bits per heavy atom. The SMILES string of the molecule is Cc1ccc(Cl)cc1Nc1cc(C(=O)NCc2ccc3c(c2)OCO3)ccn1. The van der Waals surface area contributed by atoms with Crippen molar-refractivity contribution < 1.29 is 14.3 Å². The van der Waals surface area contributed by atoms with Crippen molar-refractivity contribution in [2.45, 2.75) is 13.5 Å². The summed E-state index contributed by atoms with van der Waals surface area (Å²) in [6.45, 7) is 2.58. The minimum atomic E-state index is -0.189. The molecule has 0 bridgehead atoms. The normalized spacial score (nSPS) is 11.9. The van der Waals surface area contributed by atoms with Crippen molar-refractivity contribution in [1.82, 2.24) is 10.3 Å². The molecule has 2 N–H and O–H groups in total. The van der Waals surface area contributed by atoms with Crippen molar-refractivity contribution >= 4 is 29.0 Å². The fourth-order valence-electron chi connectivity index (χ4n) is 2.84. The Labute approximate surface area is 167 Å². The number of amides is 1. The van der Waals surface area contributed by atoms with E-state index in [-0.39, 0.29) is 12.7 Å². The molecule has 142 valence electrons. The van der Waals surface area contributed by atoms with E-state index in [4.69, 9.17) is 21.1 Å². The highest BCUT2D eigenvalue weighted by Crippen LogP contribution is 2.32. The van der Waals surface area contributed by atoms with Crippen LogP contribution in [0.5, 0.6) is 11.5 Å². The van der Waals surface area contributed by atoms with E-state index in [1.807, 2.05) is 43.3 Å². The first-order valence-corrected chi connectivity index (χ1v) is 9.12. The van der Waals surface area contributed by atoms with E-state index in [1.165, 1.54) is 0 Å². The van der Waals surface area contributed by atoms with Crippen LogP contribution in [0.1, 0.15) is 21.5 Å². The second-order valence-corrected chi connectivity index (χ2v) is 6.82. The van der Waals surface area contributed by atoms with E-state index < -0.39 is 0 Å². The third-order valence-electron chi connectivity index (χ3n) is 4.37. The quantitative estimate of drug-likeness (QED) is 0.668. The Morgan fingerprint density at radius 1 is 1.11 bits per heavy atom. The molecular formula is C21H18ClN3O3. The number of hydrogen-bond acceptors (Lipinski definition) is 5. The molecule has 1 aliphatic heterocycles. The van der Waals surface area contributed by atoms with Crippen LogP contribution in [-0.4, -0.2) is 17.7 Å². The summed E-state index contributed by atoms with van der Waals surface area (Å²) in [4.78, 5) is 16.8. The first kappa shape index (κ1) is 18.1. The number of aromatic nitrogens is 1. The summed E-state index contributed by atoms with van der Waals surface area (Å²) < 4.78 is 10.7. The van der Waals surface area contributed by atoms with Gasteiger partial charge in [0.05, 0.1) is 0 Å². The molecule has 3 aromatic rings. The van der Waals surface area contributed by atoms with Crippen LogP contribution in [0.4, 0.5) is 11.5 Å². The molecule has 4 rings (SSSR count). The third kappa shape index (κ3) is 4.02. The molecule has 2 aromatic carbocycles. The van der Waals surface area contributed by atoms with Crippen LogP contribution in [0.25, 0.3) is 0 Å². The second-order valence-electron chi connectivity index (χ2n) is 6.38. The molecular weight excluding hydrogens is 378 g/mol. The number of halogens is 1. The standard InChI is InChI=1S/C21H18ClN3O3/c1-13-2-4-16(22)10-17(13)25-20-9-15(6-7-23-20)21(26)24-11-14-3-5-18-19(8-14)28-12-27-18/h2-10H,11-12H2,1H3,(H,23,25)(H,24,26). The molecule has 2 heterocycles. The number of pyridine rings is 1. The number of carbonyl (C=O) groups is 1. The lowest BCUT2D eigenvalue weighted by molar-refractivity contribution is 0.0950. The summed E-state index contributed by atoms with van der Waals surface area (Å²) in [5.74, 6) is 1.79. The maximum atomic E-state index is 12.5. The average molecular weight is 396 g/mol. The van der Waals surface area contributed by atoms with Crippen LogP contribution in [0.2, 0.25) is 5.02 Å². The van der Waals surface area contributed by atoms with Crippen molar-refractivity contribution in [3.63, 3.8) is 0 Å². The topological polar surface area (TPSA) is 72.5 Å². The number of nitrogens with zero attached hydrogens (tertiary/aromatic N) is 1. The van der Waals surface area contributed by atoms with E-state index in [9.17, 15) is 4.79 Å². The molecule has 0 aliphatic carbocycles. The van der Waals surface area contributed by atoms with Crippen molar-refractivity contribution in [2.24, 2.45) is 0 Å². The minimum absolute atomic E-state index is 0.189. The van der Waals surface area contributed by atoms with Gasteiger partial charge in [-0.1, -0.05) is 23.7 Å². The van der Waals surface area contributed by atoms with Gasteiger partial charge in [-0.3, -0.25) is 4.79 Å². The maximum absolute atomic E-state index is 12.5. The van der Waals surface area contributed by atoms with E-state index in [2.05, 4.69) is 15.6 Å². The van der Waals surface area contributed by atoms with Gasteiger partial charge in [-0.05, 0) is 54.4 Å². The van der Waals surface area contributed by atoms with Gasteiger partial charge in [-0.15, -0.1) is 0 Å². The van der Waals surface area contributed by atoms with Crippen LogP contribution >= 0.6 is 11.6 Å². The fourth-order valence-corrected chi connectivity index (χ4v) is 3.01. The minimum Gasteiger partial charge on any atom is -0.454 e. The number of anilines is 2. The van der Waals surface area contributed by atoms with Gasteiger partial charge in [-0.25, -0.2) is 4.98 Å². The highest BCUT2D eigenvalue weighted by Gasteiger charge is 2.14. The molecule has 1 aromatic heterocycles. The maximum Gasteiger partial charge on any atom is 0.251 e. The Bertz CT molecular complexity index is 1040. The van der Waals surface area contributed by atoms with Crippen LogP contribution in [0, 0.1) is 6.92 Å². The lowest BCUT2D eigenvalue weighted by atomic mass is 10.2. The zero-order valence-electron chi connectivity index (χ0n) is 15.2. The largest absolute Gasteiger partial charge is 0.454 e. The summed E-state index contributed by atoms with van der Waals surface area (Å²) in [6, 6.07) is 14.6. The predicted molar refractivity (Wildman–Crippen MR) is 107 cm³/mol. The lowest BCUT2D eigenvalue weighted by Gasteiger charge is -2.11. The molecule has 0 spiro atoms. The zero-order chi connectivity index (χ0) is 19.5. The Morgan fingerprint density at radius 2 is 1.96 bits per heavy atom. The van der Waals surface area contributed by atoms with Crippen molar-refractivity contribution in [3.8, 4) is 11.5 Å². The highest BCUT2D eigenvalue weighted by molar-refractivity contribution is 6.30. The number of benzene rings is 2. The van der Waals surface area contributed by atoms with Gasteiger partial charge >= 0.3 is 0 Å². The van der Waals surface area contributed by atoms with Crippen LogP contribution in [0.15, 0.2) is 54.7 Å². The van der Waals surface area contributed by atoms with Gasteiger partial charge in [0.2, 0.25) is 6.79 Å². The van der Waals surface area contributed by atoms with Gasteiger partial charge in [0.25, 0.3) is 5.91 Å². The van der Waals surface area contributed by atoms with E-state index in [0.717, 1.165) is 22.6 Å². The number of nitrogens with one attached hydrogen (secondary N) is 2. The number of hydrogen-bond donors (Lipinski definition) is 2. The average Bonchev–Trinajstić information content (AvgIpc) is 3.17. The van der Waals surface area contributed by atoms with Gasteiger partial charge in [0, 0.05) is 29.0 Å². The van der Waals surface area contributed by atoms with Crippen LogP contribution < -0.4 is 20.1 Å². The van der Waals surface area contributed by atoms with Crippen LogP contribution in [-0.2, 0) is 6.54 Å².